The van der Waals surface area contributed by atoms with E-state index in [1.54, 1.807) is 13.0 Å². The van der Waals surface area contributed by atoms with Crippen LogP contribution < -0.4 is 14.8 Å². The number of ether oxygens (including phenoxy) is 3. The molecular formula is C19H25NO5. The molecule has 1 N–H and O–H groups in total. The van der Waals surface area contributed by atoms with E-state index < -0.39 is 12.1 Å². The largest absolute Gasteiger partial charge is 0.493 e. The third-order valence-electron chi connectivity index (χ3n) is 3.74. The molecule has 2 rings (SSSR count). The molecule has 1 amide bonds. The molecule has 136 valence electrons. The molecule has 25 heavy (non-hydrogen) atoms. The number of carbonyl (C=O) groups is 2. The van der Waals surface area contributed by atoms with E-state index in [0.717, 1.165) is 23.3 Å². The van der Waals surface area contributed by atoms with Crippen LogP contribution in [-0.2, 0) is 20.7 Å². The predicted octanol–water partition coefficient (Wildman–Crippen LogP) is 2.49. The quantitative estimate of drug-likeness (QED) is 0.606. The average Bonchev–Trinajstić information content (AvgIpc) is 2.92. The molecule has 6 nitrogen and oxygen atoms in total. The van der Waals surface area contributed by atoms with Crippen molar-refractivity contribution >= 4 is 18.0 Å². The molecule has 1 heterocycles. The summed E-state index contributed by atoms with van der Waals surface area (Å²) in [6.45, 7) is 8.26. The van der Waals surface area contributed by atoms with Crippen LogP contribution in [0.5, 0.6) is 11.5 Å². The number of fused-ring (bicyclic) bond motifs is 1. The van der Waals surface area contributed by atoms with Crippen LogP contribution in [0.25, 0.3) is 6.08 Å². The first-order chi connectivity index (χ1) is 11.9. The highest BCUT2D eigenvalue weighted by atomic mass is 16.5. The van der Waals surface area contributed by atoms with Gasteiger partial charge in [0.2, 0.25) is 0 Å². The molecule has 1 aliphatic rings. The van der Waals surface area contributed by atoms with Gasteiger partial charge in [0.05, 0.1) is 6.61 Å². The normalized spacial score (nSPS) is 16.9. The zero-order chi connectivity index (χ0) is 18.4. The van der Waals surface area contributed by atoms with Gasteiger partial charge in [-0.05, 0) is 45.9 Å². The van der Waals surface area contributed by atoms with E-state index in [0.29, 0.717) is 18.9 Å². The van der Waals surface area contributed by atoms with Crippen molar-refractivity contribution in [2.45, 2.75) is 46.3 Å². The van der Waals surface area contributed by atoms with Crippen molar-refractivity contribution in [1.82, 2.24) is 5.32 Å². The van der Waals surface area contributed by atoms with Crippen molar-refractivity contribution in [3.05, 3.63) is 29.3 Å². The molecule has 0 saturated carbocycles. The molecule has 6 heteroatoms. The molecule has 1 aliphatic heterocycles. The van der Waals surface area contributed by atoms with Crippen LogP contribution in [0.4, 0.5) is 0 Å². The zero-order valence-corrected chi connectivity index (χ0v) is 15.1. The Labute approximate surface area is 148 Å². The minimum Gasteiger partial charge on any atom is -0.493 e. The summed E-state index contributed by atoms with van der Waals surface area (Å²) in [5.74, 6) is 0.592. The molecule has 2 atom stereocenters. The van der Waals surface area contributed by atoms with E-state index in [4.69, 9.17) is 14.2 Å². The molecule has 0 radical (unpaired) electrons. The second kappa shape index (κ2) is 8.55. The number of hydrogen-bond acceptors (Lipinski definition) is 5. The molecule has 0 aromatic heterocycles. The number of likely N-dealkylation sites (N-methyl/N-ethyl adjacent to an activating group) is 1. The second-order valence-corrected chi connectivity index (χ2v) is 5.87. The lowest BCUT2D eigenvalue weighted by Crippen LogP contribution is -2.35. The maximum absolute atomic E-state index is 11.9. The van der Waals surface area contributed by atoms with Gasteiger partial charge >= 0.3 is 5.97 Å². The highest BCUT2D eigenvalue weighted by Crippen LogP contribution is 2.35. The molecule has 1 aromatic carbocycles. The van der Waals surface area contributed by atoms with Crippen molar-refractivity contribution in [2.75, 3.05) is 13.2 Å². The Morgan fingerprint density at radius 1 is 1.40 bits per heavy atom. The Morgan fingerprint density at radius 3 is 2.84 bits per heavy atom. The summed E-state index contributed by atoms with van der Waals surface area (Å²) in [4.78, 5) is 23.5. The fourth-order valence-electron chi connectivity index (χ4n) is 2.61. The van der Waals surface area contributed by atoms with Crippen LogP contribution in [0.2, 0.25) is 0 Å². The minimum atomic E-state index is -0.840. The maximum atomic E-state index is 11.9. The molecule has 0 unspecified atom stereocenters. The Morgan fingerprint density at radius 2 is 2.16 bits per heavy atom. The summed E-state index contributed by atoms with van der Waals surface area (Å²) in [5.41, 5.74) is 1.83. The summed E-state index contributed by atoms with van der Waals surface area (Å²) < 4.78 is 16.5. The molecule has 0 fully saturated rings. The van der Waals surface area contributed by atoms with Crippen molar-refractivity contribution in [3.8, 4) is 11.5 Å². The Hall–Kier alpha value is -2.50. The molecular weight excluding hydrogens is 322 g/mol. The monoisotopic (exact) mass is 347 g/mol. The lowest BCUT2D eigenvalue weighted by Gasteiger charge is -2.11. The van der Waals surface area contributed by atoms with Gasteiger partial charge in [-0.25, -0.2) is 4.79 Å². The first-order valence-electron chi connectivity index (χ1n) is 8.57. The minimum absolute atomic E-state index is 0.131. The lowest BCUT2D eigenvalue weighted by atomic mass is 10.1. The van der Waals surface area contributed by atoms with E-state index in [1.165, 1.54) is 13.0 Å². The molecule has 0 aliphatic carbocycles. The second-order valence-electron chi connectivity index (χ2n) is 5.87. The van der Waals surface area contributed by atoms with Gasteiger partial charge in [0.1, 0.15) is 17.6 Å². The summed E-state index contributed by atoms with van der Waals surface area (Å²) in [5, 5.41) is 2.61. The van der Waals surface area contributed by atoms with Crippen LogP contribution >= 0.6 is 0 Å². The first kappa shape index (κ1) is 18.8. The zero-order valence-electron chi connectivity index (χ0n) is 15.1. The van der Waals surface area contributed by atoms with Gasteiger partial charge in [0.25, 0.3) is 5.91 Å². The van der Waals surface area contributed by atoms with Gasteiger partial charge in [-0.15, -0.1) is 0 Å². The number of carbonyl (C=O) groups excluding carboxylic acids is 2. The lowest BCUT2D eigenvalue weighted by molar-refractivity contribution is -0.150. The fourth-order valence-corrected chi connectivity index (χ4v) is 2.61. The number of esters is 1. The third-order valence-corrected chi connectivity index (χ3v) is 3.74. The van der Waals surface area contributed by atoms with Gasteiger partial charge in [-0.3, -0.25) is 4.79 Å². The van der Waals surface area contributed by atoms with Crippen LogP contribution in [-0.4, -0.2) is 37.2 Å². The maximum Gasteiger partial charge on any atom is 0.331 e. The summed E-state index contributed by atoms with van der Waals surface area (Å²) in [7, 11) is 0. The van der Waals surface area contributed by atoms with E-state index in [9.17, 15) is 9.59 Å². The van der Waals surface area contributed by atoms with Crippen LogP contribution in [0.1, 0.15) is 38.8 Å². The standard InChI is InChI=1S/C19H25NO5/c1-5-20-19(22)13(4)25-18(21)8-7-14-10-17-15(9-12(3)24-17)11-16(14)23-6-2/h7-8,10-13H,5-6,9H2,1-4H3,(H,20,22)/b8-7+/t12-,13-/m1/s1. The third kappa shape index (κ3) is 4.98. The van der Waals surface area contributed by atoms with E-state index in [2.05, 4.69) is 5.32 Å². The van der Waals surface area contributed by atoms with Gasteiger partial charge < -0.3 is 19.5 Å². The topological polar surface area (TPSA) is 73.9 Å². The van der Waals surface area contributed by atoms with E-state index in [-0.39, 0.29) is 12.0 Å². The summed E-state index contributed by atoms with van der Waals surface area (Å²) in [6, 6.07) is 3.81. The number of hydrogen-bond donors (Lipinski definition) is 1. The van der Waals surface area contributed by atoms with Gasteiger partial charge in [-0.1, -0.05) is 0 Å². The average molecular weight is 347 g/mol. The number of rotatable bonds is 7. The van der Waals surface area contributed by atoms with Gasteiger partial charge in [0, 0.05) is 30.2 Å². The van der Waals surface area contributed by atoms with Crippen molar-refractivity contribution < 1.29 is 23.8 Å². The van der Waals surface area contributed by atoms with Gasteiger partial charge in [-0.2, -0.15) is 0 Å². The van der Waals surface area contributed by atoms with Crippen molar-refractivity contribution in [3.63, 3.8) is 0 Å². The summed E-state index contributed by atoms with van der Waals surface area (Å²) >= 11 is 0. The number of benzene rings is 1. The SMILES string of the molecule is CCNC(=O)[C@@H](C)OC(=O)/C=C/c1cc2c(cc1OCC)C[C@@H](C)O2. The van der Waals surface area contributed by atoms with E-state index in [1.807, 2.05) is 26.0 Å². The Kier molecular flexibility index (Phi) is 6.44. The van der Waals surface area contributed by atoms with E-state index >= 15 is 0 Å². The first-order valence-corrected chi connectivity index (χ1v) is 8.57. The van der Waals surface area contributed by atoms with Crippen molar-refractivity contribution in [1.29, 1.82) is 0 Å². The Balaban J connectivity index is 2.10. The Bertz CT molecular complexity index is 668. The van der Waals surface area contributed by atoms with Gasteiger partial charge in [0.15, 0.2) is 6.10 Å². The van der Waals surface area contributed by atoms with Crippen LogP contribution in [0.3, 0.4) is 0 Å². The van der Waals surface area contributed by atoms with Crippen LogP contribution in [0.15, 0.2) is 18.2 Å². The molecule has 0 saturated heterocycles. The highest BCUT2D eigenvalue weighted by Gasteiger charge is 2.21. The number of nitrogens with one attached hydrogen (secondary N) is 1. The molecule has 1 aromatic rings. The van der Waals surface area contributed by atoms with Crippen molar-refractivity contribution in [2.24, 2.45) is 0 Å². The number of amides is 1. The summed E-state index contributed by atoms with van der Waals surface area (Å²) in [6.07, 6.45) is 3.04. The smallest absolute Gasteiger partial charge is 0.331 e. The van der Waals surface area contributed by atoms with Crippen LogP contribution in [0, 0.1) is 0 Å². The predicted molar refractivity (Wildman–Crippen MR) is 94.7 cm³/mol. The molecule has 0 bridgehead atoms. The molecule has 0 spiro atoms. The highest BCUT2D eigenvalue weighted by molar-refractivity contribution is 5.90. The fraction of sp³-hybridized carbons (Fsp3) is 0.474.